The molecule has 1 fully saturated rings. The Bertz CT molecular complexity index is 620. The van der Waals surface area contributed by atoms with Gasteiger partial charge in [0.1, 0.15) is 11.3 Å². The third-order valence-electron chi connectivity index (χ3n) is 4.61. The van der Waals surface area contributed by atoms with Gasteiger partial charge in [-0.1, -0.05) is 26.3 Å². The molecule has 1 N–H and O–H groups in total. The molecule has 2 aromatic rings. The van der Waals surface area contributed by atoms with Gasteiger partial charge in [0, 0.05) is 6.54 Å². The smallest absolute Gasteiger partial charge is 0.151 e. The van der Waals surface area contributed by atoms with Gasteiger partial charge in [-0.05, 0) is 43.9 Å². The number of rotatable bonds is 4. The zero-order valence-corrected chi connectivity index (χ0v) is 12.9. The first kappa shape index (κ1) is 14.5. The van der Waals surface area contributed by atoms with E-state index in [1.165, 1.54) is 18.9 Å². The number of halogens is 1. The van der Waals surface area contributed by atoms with Crippen molar-refractivity contribution in [3.63, 3.8) is 0 Å². The van der Waals surface area contributed by atoms with E-state index >= 15 is 0 Å². The molecule has 1 saturated heterocycles. The summed E-state index contributed by atoms with van der Waals surface area (Å²) in [6.45, 7) is 6.32. The predicted molar refractivity (Wildman–Crippen MR) is 83.7 cm³/mol. The molecule has 0 amide bonds. The van der Waals surface area contributed by atoms with E-state index in [2.05, 4.69) is 28.7 Å². The van der Waals surface area contributed by atoms with Crippen LogP contribution in [0.5, 0.6) is 0 Å². The SMILES string of the molecule is CCCn1c(C2CC(CC)CCN2)nc2c(F)cccc21. The zero-order valence-electron chi connectivity index (χ0n) is 12.9. The number of benzene rings is 1. The van der Waals surface area contributed by atoms with Crippen molar-refractivity contribution in [2.45, 2.75) is 52.1 Å². The highest BCUT2D eigenvalue weighted by molar-refractivity contribution is 5.76. The van der Waals surface area contributed by atoms with Crippen molar-refractivity contribution < 1.29 is 4.39 Å². The molecule has 0 spiro atoms. The van der Waals surface area contributed by atoms with Gasteiger partial charge in [0.2, 0.25) is 0 Å². The third kappa shape index (κ3) is 2.69. The summed E-state index contributed by atoms with van der Waals surface area (Å²) in [4.78, 5) is 4.65. The van der Waals surface area contributed by atoms with Gasteiger partial charge in [0.15, 0.2) is 5.82 Å². The Morgan fingerprint density at radius 3 is 3.00 bits per heavy atom. The summed E-state index contributed by atoms with van der Waals surface area (Å²) >= 11 is 0. The molecule has 21 heavy (non-hydrogen) atoms. The van der Waals surface area contributed by atoms with E-state index in [0.717, 1.165) is 43.2 Å². The van der Waals surface area contributed by atoms with Crippen LogP contribution >= 0.6 is 0 Å². The maximum Gasteiger partial charge on any atom is 0.151 e. The van der Waals surface area contributed by atoms with Gasteiger partial charge in [-0.15, -0.1) is 0 Å². The summed E-state index contributed by atoms with van der Waals surface area (Å²) in [5.41, 5.74) is 1.44. The molecule has 0 radical (unpaired) electrons. The molecule has 0 aliphatic carbocycles. The quantitative estimate of drug-likeness (QED) is 0.920. The average molecular weight is 289 g/mol. The molecular weight excluding hydrogens is 265 g/mol. The number of aryl methyl sites for hydroxylation is 1. The Balaban J connectivity index is 2.04. The van der Waals surface area contributed by atoms with Gasteiger partial charge in [-0.2, -0.15) is 0 Å². The number of para-hydroxylation sites is 1. The molecule has 1 aromatic carbocycles. The molecular formula is C17H24FN3. The molecule has 0 bridgehead atoms. The first-order valence-corrected chi connectivity index (χ1v) is 8.12. The number of piperidine rings is 1. The van der Waals surface area contributed by atoms with Crippen molar-refractivity contribution in [1.82, 2.24) is 14.9 Å². The highest BCUT2D eigenvalue weighted by Gasteiger charge is 2.26. The fourth-order valence-corrected chi connectivity index (χ4v) is 3.42. The number of imidazole rings is 1. The van der Waals surface area contributed by atoms with Crippen molar-refractivity contribution in [2.24, 2.45) is 5.92 Å². The second-order valence-corrected chi connectivity index (χ2v) is 6.03. The van der Waals surface area contributed by atoms with Crippen LogP contribution in [0.25, 0.3) is 11.0 Å². The van der Waals surface area contributed by atoms with E-state index in [-0.39, 0.29) is 11.9 Å². The minimum absolute atomic E-state index is 0.216. The molecule has 3 rings (SSSR count). The summed E-state index contributed by atoms with van der Waals surface area (Å²) < 4.78 is 16.2. The van der Waals surface area contributed by atoms with E-state index in [9.17, 15) is 4.39 Å². The molecule has 2 unspecified atom stereocenters. The molecule has 0 saturated carbocycles. The van der Waals surface area contributed by atoms with Crippen LogP contribution in [0.2, 0.25) is 0 Å². The highest BCUT2D eigenvalue weighted by Crippen LogP contribution is 2.31. The zero-order chi connectivity index (χ0) is 14.8. The molecule has 4 heteroatoms. The van der Waals surface area contributed by atoms with Crippen LogP contribution < -0.4 is 5.32 Å². The Hall–Kier alpha value is -1.42. The second kappa shape index (κ2) is 6.14. The van der Waals surface area contributed by atoms with E-state index in [1.54, 1.807) is 6.07 Å². The number of hydrogen-bond donors (Lipinski definition) is 1. The van der Waals surface area contributed by atoms with Crippen molar-refractivity contribution in [3.05, 3.63) is 29.8 Å². The summed E-state index contributed by atoms with van der Waals surface area (Å²) in [6.07, 6.45) is 4.57. The Morgan fingerprint density at radius 1 is 1.38 bits per heavy atom. The molecule has 2 atom stereocenters. The van der Waals surface area contributed by atoms with Crippen LogP contribution in [0.1, 0.15) is 51.4 Å². The molecule has 1 aromatic heterocycles. The maximum atomic E-state index is 14.0. The van der Waals surface area contributed by atoms with Crippen LogP contribution in [-0.2, 0) is 6.54 Å². The van der Waals surface area contributed by atoms with E-state index in [4.69, 9.17) is 0 Å². The standard InChI is InChI=1S/C17H24FN3/c1-3-10-21-15-7-5-6-13(18)16(15)20-17(21)14-11-12(4-2)8-9-19-14/h5-7,12,14,19H,3-4,8-11H2,1-2H3. The van der Waals surface area contributed by atoms with E-state index in [0.29, 0.717) is 5.52 Å². The average Bonchev–Trinajstić information content (AvgIpc) is 2.88. The fourth-order valence-electron chi connectivity index (χ4n) is 3.42. The van der Waals surface area contributed by atoms with Gasteiger partial charge in [0.05, 0.1) is 11.6 Å². The lowest BCUT2D eigenvalue weighted by Crippen LogP contribution is -2.33. The summed E-state index contributed by atoms with van der Waals surface area (Å²) in [7, 11) is 0. The van der Waals surface area contributed by atoms with E-state index < -0.39 is 0 Å². The first-order valence-electron chi connectivity index (χ1n) is 8.12. The van der Waals surface area contributed by atoms with Crippen LogP contribution in [0, 0.1) is 11.7 Å². The number of fused-ring (bicyclic) bond motifs is 1. The first-order chi connectivity index (χ1) is 10.2. The molecule has 3 nitrogen and oxygen atoms in total. The molecule has 2 heterocycles. The minimum Gasteiger partial charge on any atom is -0.327 e. The van der Waals surface area contributed by atoms with Gasteiger partial charge in [0.25, 0.3) is 0 Å². The third-order valence-corrected chi connectivity index (χ3v) is 4.61. The molecule has 114 valence electrons. The summed E-state index contributed by atoms with van der Waals surface area (Å²) in [5, 5.41) is 3.57. The van der Waals surface area contributed by atoms with Crippen LogP contribution in [0.15, 0.2) is 18.2 Å². The normalized spacial score (nSPS) is 22.8. The van der Waals surface area contributed by atoms with Crippen molar-refractivity contribution in [1.29, 1.82) is 0 Å². The number of nitrogens with one attached hydrogen (secondary N) is 1. The van der Waals surface area contributed by atoms with Crippen molar-refractivity contribution in [2.75, 3.05) is 6.54 Å². The fraction of sp³-hybridized carbons (Fsp3) is 0.588. The van der Waals surface area contributed by atoms with Gasteiger partial charge >= 0.3 is 0 Å². The maximum absolute atomic E-state index is 14.0. The number of hydrogen-bond acceptors (Lipinski definition) is 2. The lowest BCUT2D eigenvalue weighted by molar-refractivity contribution is 0.286. The van der Waals surface area contributed by atoms with Crippen LogP contribution in [0.4, 0.5) is 4.39 Å². The summed E-state index contributed by atoms with van der Waals surface area (Å²) in [6, 6.07) is 5.50. The van der Waals surface area contributed by atoms with Crippen molar-refractivity contribution >= 4 is 11.0 Å². The number of nitrogens with zero attached hydrogens (tertiary/aromatic N) is 2. The largest absolute Gasteiger partial charge is 0.327 e. The van der Waals surface area contributed by atoms with Crippen molar-refractivity contribution in [3.8, 4) is 0 Å². The highest BCUT2D eigenvalue weighted by atomic mass is 19.1. The second-order valence-electron chi connectivity index (χ2n) is 6.03. The Kier molecular flexibility index (Phi) is 4.24. The monoisotopic (exact) mass is 289 g/mol. The Labute approximate surface area is 125 Å². The minimum atomic E-state index is -0.216. The predicted octanol–water partition coefficient (Wildman–Crippen LogP) is 4.04. The Morgan fingerprint density at radius 2 is 2.24 bits per heavy atom. The molecule has 1 aliphatic rings. The van der Waals surface area contributed by atoms with Gasteiger partial charge in [-0.3, -0.25) is 0 Å². The van der Waals surface area contributed by atoms with E-state index in [1.807, 2.05) is 6.07 Å². The van der Waals surface area contributed by atoms with Crippen LogP contribution in [0.3, 0.4) is 0 Å². The van der Waals surface area contributed by atoms with Crippen LogP contribution in [-0.4, -0.2) is 16.1 Å². The summed E-state index contributed by atoms with van der Waals surface area (Å²) in [5.74, 6) is 1.54. The number of aromatic nitrogens is 2. The lowest BCUT2D eigenvalue weighted by atomic mass is 9.90. The molecule has 1 aliphatic heterocycles. The topological polar surface area (TPSA) is 29.9 Å². The van der Waals surface area contributed by atoms with Gasteiger partial charge < -0.3 is 9.88 Å². The van der Waals surface area contributed by atoms with Gasteiger partial charge in [-0.25, -0.2) is 9.37 Å². The lowest BCUT2D eigenvalue weighted by Gasteiger charge is -2.29.